The third-order valence-electron chi connectivity index (χ3n) is 4.38. The first-order valence-electron chi connectivity index (χ1n) is 7.55. The average Bonchev–Trinajstić information content (AvgIpc) is 2.91. The SMILES string of the molecule is CC1(C)CC(=O)C2=C(C1)Nc1nnnn1C2c1cccc(O)c1. The summed E-state index contributed by atoms with van der Waals surface area (Å²) in [6, 6.07) is 6.48. The number of nitrogens with zero attached hydrogens (tertiary/aromatic N) is 4. The lowest BCUT2D eigenvalue weighted by Crippen LogP contribution is -2.36. The number of Topliss-reactive ketones (excluding diaryl/α,β-unsaturated/α-hetero) is 1. The van der Waals surface area contributed by atoms with Crippen LogP contribution in [0.4, 0.5) is 5.95 Å². The highest BCUT2D eigenvalue weighted by Gasteiger charge is 2.41. The van der Waals surface area contributed by atoms with Gasteiger partial charge in [0.15, 0.2) is 5.78 Å². The third kappa shape index (κ3) is 2.19. The van der Waals surface area contributed by atoms with Crippen LogP contribution in [0.25, 0.3) is 0 Å². The van der Waals surface area contributed by atoms with Gasteiger partial charge < -0.3 is 10.4 Å². The summed E-state index contributed by atoms with van der Waals surface area (Å²) in [4.78, 5) is 12.8. The van der Waals surface area contributed by atoms with E-state index < -0.39 is 6.04 Å². The van der Waals surface area contributed by atoms with Crippen LogP contribution in [0.3, 0.4) is 0 Å². The Morgan fingerprint density at radius 2 is 2.17 bits per heavy atom. The molecule has 0 amide bonds. The molecule has 0 radical (unpaired) electrons. The fourth-order valence-corrected chi connectivity index (χ4v) is 3.47. The van der Waals surface area contributed by atoms with Crippen LogP contribution in [0.1, 0.15) is 38.3 Å². The van der Waals surface area contributed by atoms with Gasteiger partial charge in [-0.1, -0.05) is 31.1 Å². The van der Waals surface area contributed by atoms with Crippen molar-refractivity contribution >= 4 is 11.7 Å². The topological polar surface area (TPSA) is 92.9 Å². The lowest BCUT2D eigenvalue weighted by atomic mass is 9.73. The molecule has 2 heterocycles. The first kappa shape index (κ1) is 13.9. The number of aromatic nitrogens is 4. The molecule has 1 atom stereocenters. The molecule has 4 rings (SSSR count). The van der Waals surface area contributed by atoms with Gasteiger partial charge in [0.2, 0.25) is 5.95 Å². The second kappa shape index (κ2) is 4.65. The monoisotopic (exact) mass is 311 g/mol. The number of rotatable bonds is 1. The molecule has 7 nitrogen and oxygen atoms in total. The Morgan fingerprint density at radius 1 is 1.35 bits per heavy atom. The van der Waals surface area contributed by atoms with E-state index >= 15 is 0 Å². The summed E-state index contributed by atoms with van der Waals surface area (Å²) in [5.74, 6) is 0.766. The zero-order valence-corrected chi connectivity index (χ0v) is 12.9. The van der Waals surface area contributed by atoms with Gasteiger partial charge in [0.1, 0.15) is 11.8 Å². The van der Waals surface area contributed by atoms with Crippen LogP contribution in [0.2, 0.25) is 0 Å². The Bertz CT molecular complexity index is 837. The molecule has 1 aromatic heterocycles. The van der Waals surface area contributed by atoms with Gasteiger partial charge >= 0.3 is 0 Å². The number of hydrogen-bond donors (Lipinski definition) is 2. The van der Waals surface area contributed by atoms with E-state index in [1.165, 1.54) is 0 Å². The minimum Gasteiger partial charge on any atom is -0.508 e. The van der Waals surface area contributed by atoms with E-state index in [4.69, 9.17) is 0 Å². The van der Waals surface area contributed by atoms with Crippen LogP contribution in [0.15, 0.2) is 35.5 Å². The first-order valence-corrected chi connectivity index (χ1v) is 7.55. The van der Waals surface area contributed by atoms with Crippen LogP contribution >= 0.6 is 0 Å². The van der Waals surface area contributed by atoms with Crippen LogP contribution in [0.5, 0.6) is 5.75 Å². The fourth-order valence-electron chi connectivity index (χ4n) is 3.47. The van der Waals surface area contributed by atoms with Crippen LogP contribution < -0.4 is 5.32 Å². The van der Waals surface area contributed by atoms with Crippen LogP contribution in [-0.4, -0.2) is 31.1 Å². The molecule has 1 aromatic carbocycles. The minimum atomic E-state index is -0.410. The summed E-state index contributed by atoms with van der Waals surface area (Å²) in [5, 5.41) is 24.8. The molecule has 1 unspecified atom stereocenters. The minimum absolute atomic E-state index is 0.0953. The molecule has 2 aromatic rings. The van der Waals surface area contributed by atoms with Gasteiger partial charge in [-0.25, -0.2) is 0 Å². The molecule has 118 valence electrons. The van der Waals surface area contributed by atoms with Crippen molar-refractivity contribution in [3.05, 3.63) is 41.1 Å². The van der Waals surface area contributed by atoms with E-state index in [1.807, 2.05) is 6.07 Å². The number of allylic oxidation sites excluding steroid dienone is 2. The number of ketones is 1. The number of phenols is 1. The summed E-state index contributed by atoms with van der Waals surface area (Å²) >= 11 is 0. The smallest absolute Gasteiger partial charge is 0.248 e. The second-order valence-corrected chi connectivity index (χ2v) is 6.90. The maximum Gasteiger partial charge on any atom is 0.248 e. The van der Waals surface area contributed by atoms with Crippen LogP contribution in [-0.2, 0) is 4.79 Å². The number of nitrogens with one attached hydrogen (secondary N) is 1. The molecule has 2 aliphatic rings. The molecule has 7 heteroatoms. The van der Waals surface area contributed by atoms with Crippen molar-refractivity contribution in [2.24, 2.45) is 5.41 Å². The normalized spacial score (nSPS) is 22.3. The van der Waals surface area contributed by atoms with E-state index in [9.17, 15) is 9.90 Å². The first-order chi connectivity index (χ1) is 10.9. The summed E-state index contributed by atoms with van der Waals surface area (Å²) in [7, 11) is 0. The Balaban J connectivity index is 1.91. The van der Waals surface area contributed by atoms with Gasteiger partial charge in [-0.05, 0) is 40.0 Å². The van der Waals surface area contributed by atoms with Gasteiger partial charge in [0.05, 0.1) is 0 Å². The van der Waals surface area contributed by atoms with Gasteiger partial charge in [-0.15, -0.1) is 0 Å². The van der Waals surface area contributed by atoms with Crippen molar-refractivity contribution in [3.8, 4) is 5.75 Å². The standard InChI is InChI=1S/C16H17N5O2/c1-16(2)7-11-13(12(23)8-16)14(9-4-3-5-10(22)6-9)21-15(17-11)18-19-20-21/h3-6,14,22H,7-8H2,1-2H3,(H,17,18,20). The number of fused-ring (bicyclic) bond motifs is 1. The number of carbonyl (C=O) groups is 1. The van der Waals surface area contributed by atoms with Crippen molar-refractivity contribution in [1.29, 1.82) is 0 Å². The predicted molar refractivity (Wildman–Crippen MR) is 82.7 cm³/mol. The van der Waals surface area contributed by atoms with Crippen molar-refractivity contribution < 1.29 is 9.90 Å². The molecule has 1 aliphatic carbocycles. The van der Waals surface area contributed by atoms with Crippen molar-refractivity contribution in [3.63, 3.8) is 0 Å². The van der Waals surface area contributed by atoms with E-state index in [1.54, 1.807) is 22.9 Å². The number of hydrogen-bond acceptors (Lipinski definition) is 6. The highest BCUT2D eigenvalue weighted by Crippen LogP contribution is 2.45. The number of phenolic OH excluding ortho intramolecular Hbond substituents is 1. The van der Waals surface area contributed by atoms with Crippen molar-refractivity contribution in [1.82, 2.24) is 20.2 Å². The second-order valence-electron chi connectivity index (χ2n) is 6.90. The summed E-state index contributed by atoms with van der Waals surface area (Å²) < 4.78 is 1.60. The Hall–Kier alpha value is -2.70. The van der Waals surface area contributed by atoms with Gasteiger partial charge in [-0.2, -0.15) is 4.68 Å². The predicted octanol–water partition coefficient (Wildman–Crippen LogP) is 2.04. The quantitative estimate of drug-likeness (QED) is 0.837. The summed E-state index contributed by atoms with van der Waals surface area (Å²) in [5.41, 5.74) is 2.26. The Labute approximate surface area is 133 Å². The molecule has 0 bridgehead atoms. The highest BCUT2D eigenvalue weighted by atomic mass is 16.3. The lowest BCUT2D eigenvalue weighted by Gasteiger charge is -2.37. The molecule has 0 fully saturated rings. The molecule has 0 saturated carbocycles. The van der Waals surface area contributed by atoms with E-state index in [0.29, 0.717) is 17.9 Å². The summed E-state index contributed by atoms with van der Waals surface area (Å²) in [6.07, 6.45) is 1.25. The number of tetrazole rings is 1. The maximum atomic E-state index is 12.8. The van der Waals surface area contributed by atoms with Crippen molar-refractivity contribution in [2.45, 2.75) is 32.7 Å². The largest absolute Gasteiger partial charge is 0.508 e. The van der Waals surface area contributed by atoms with E-state index in [0.717, 1.165) is 17.7 Å². The molecule has 0 saturated heterocycles. The zero-order chi connectivity index (χ0) is 16.2. The fraction of sp³-hybridized carbons (Fsp3) is 0.375. The molecule has 1 aliphatic heterocycles. The number of benzene rings is 1. The van der Waals surface area contributed by atoms with E-state index in [2.05, 4.69) is 34.7 Å². The highest BCUT2D eigenvalue weighted by molar-refractivity contribution is 6.00. The van der Waals surface area contributed by atoms with Crippen LogP contribution in [0, 0.1) is 5.41 Å². The lowest BCUT2D eigenvalue weighted by molar-refractivity contribution is -0.118. The number of aromatic hydroxyl groups is 1. The molecule has 23 heavy (non-hydrogen) atoms. The molecule has 2 N–H and O–H groups in total. The maximum absolute atomic E-state index is 12.8. The Morgan fingerprint density at radius 3 is 2.96 bits per heavy atom. The molecular formula is C16H17N5O2. The third-order valence-corrected chi connectivity index (χ3v) is 4.38. The number of anilines is 1. The molecule has 0 spiro atoms. The zero-order valence-electron chi connectivity index (χ0n) is 12.9. The molecular weight excluding hydrogens is 294 g/mol. The number of carbonyl (C=O) groups excluding carboxylic acids is 1. The Kier molecular flexibility index (Phi) is 2.81. The van der Waals surface area contributed by atoms with E-state index in [-0.39, 0.29) is 16.9 Å². The average molecular weight is 311 g/mol. The van der Waals surface area contributed by atoms with Gasteiger partial charge in [0.25, 0.3) is 0 Å². The van der Waals surface area contributed by atoms with Crippen molar-refractivity contribution in [2.75, 3.05) is 5.32 Å². The summed E-state index contributed by atoms with van der Waals surface area (Å²) in [6.45, 7) is 4.16. The van der Waals surface area contributed by atoms with Gasteiger partial charge in [-0.3, -0.25) is 4.79 Å². The van der Waals surface area contributed by atoms with Gasteiger partial charge in [0, 0.05) is 17.7 Å².